The number of carbonyl (C=O) groups is 2. The van der Waals surface area contributed by atoms with E-state index >= 15 is 0 Å². The molecule has 0 radical (unpaired) electrons. The van der Waals surface area contributed by atoms with Gasteiger partial charge in [0.25, 0.3) is 0 Å². The first-order chi connectivity index (χ1) is 10.5. The molecule has 0 aliphatic rings. The molecule has 2 amide bonds. The van der Waals surface area contributed by atoms with Crippen molar-refractivity contribution >= 4 is 17.5 Å². The second-order valence-corrected chi connectivity index (χ2v) is 4.96. The third-order valence-electron chi connectivity index (χ3n) is 3.25. The normalized spacial score (nSPS) is 10.0. The van der Waals surface area contributed by atoms with Crippen LogP contribution in [0.15, 0.2) is 18.2 Å². The number of hydrogen-bond donors (Lipinski definition) is 1. The van der Waals surface area contributed by atoms with Gasteiger partial charge in [-0.3, -0.25) is 9.59 Å². The maximum Gasteiger partial charge on any atom is 0.233 e. The number of benzene rings is 1. The molecule has 0 aliphatic heterocycles. The zero-order valence-corrected chi connectivity index (χ0v) is 13.6. The number of carbonyl (C=O) groups excluding carboxylic acids is 2. The van der Waals surface area contributed by atoms with Crippen LogP contribution in [0, 0.1) is 0 Å². The number of amides is 2. The van der Waals surface area contributed by atoms with Crippen LogP contribution in [0.4, 0.5) is 5.69 Å². The number of hydrogen-bond acceptors (Lipinski definition) is 4. The highest BCUT2D eigenvalue weighted by atomic mass is 16.5. The Balaban J connectivity index is 2.59. The Hall–Kier alpha value is -2.24. The van der Waals surface area contributed by atoms with Crippen LogP contribution in [-0.4, -0.2) is 44.5 Å². The van der Waals surface area contributed by atoms with Gasteiger partial charge in [-0.25, -0.2) is 0 Å². The first kappa shape index (κ1) is 17.8. The van der Waals surface area contributed by atoms with Gasteiger partial charge in [-0.2, -0.15) is 0 Å². The highest BCUT2D eigenvalue weighted by Gasteiger charge is 2.14. The van der Waals surface area contributed by atoms with Crippen LogP contribution in [-0.2, 0) is 9.59 Å². The Morgan fingerprint density at radius 2 is 1.86 bits per heavy atom. The van der Waals surface area contributed by atoms with Crippen LogP contribution in [0.2, 0.25) is 0 Å². The summed E-state index contributed by atoms with van der Waals surface area (Å²) in [7, 11) is 4.78. The van der Waals surface area contributed by atoms with E-state index in [2.05, 4.69) is 12.2 Å². The van der Waals surface area contributed by atoms with Gasteiger partial charge in [0.05, 0.1) is 14.2 Å². The largest absolute Gasteiger partial charge is 0.493 e. The monoisotopic (exact) mass is 308 g/mol. The molecule has 0 saturated heterocycles. The van der Waals surface area contributed by atoms with Crippen LogP contribution in [0.5, 0.6) is 11.5 Å². The summed E-state index contributed by atoms with van der Waals surface area (Å²) < 4.78 is 10.3. The van der Waals surface area contributed by atoms with Crippen molar-refractivity contribution in [1.82, 2.24) is 4.90 Å². The zero-order valence-electron chi connectivity index (χ0n) is 13.6. The second kappa shape index (κ2) is 8.92. The summed E-state index contributed by atoms with van der Waals surface area (Å²) in [6.07, 6.45) is 1.77. The van der Waals surface area contributed by atoms with Crippen LogP contribution in [0.3, 0.4) is 0 Å². The SMILES string of the molecule is CCCCN(C)C(=O)CC(=O)Nc1ccc(OC)c(OC)c1. The summed E-state index contributed by atoms with van der Waals surface area (Å²) in [4.78, 5) is 25.4. The lowest BCUT2D eigenvalue weighted by Gasteiger charge is -2.16. The van der Waals surface area contributed by atoms with E-state index in [0.717, 1.165) is 12.8 Å². The number of nitrogens with zero attached hydrogens (tertiary/aromatic N) is 1. The van der Waals surface area contributed by atoms with Crippen LogP contribution >= 0.6 is 0 Å². The Kier molecular flexibility index (Phi) is 7.22. The molecule has 0 aromatic heterocycles. The molecule has 0 saturated carbocycles. The standard InChI is InChI=1S/C16H24N2O4/c1-5-6-9-18(2)16(20)11-15(19)17-12-7-8-13(21-3)14(10-12)22-4/h7-8,10H,5-6,9,11H2,1-4H3,(H,17,19). The summed E-state index contributed by atoms with van der Waals surface area (Å²) in [5.74, 6) is 0.564. The van der Waals surface area contributed by atoms with Crippen molar-refractivity contribution in [2.24, 2.45) is 0 Å². The van der Waals surface area contributed by atoms with E-state index in [1.54, 1.807) is 37.3 Å². The molecule has 122 valence electrons. The van der Waals surface area contributed by atoms with Gasteiger partial charge in [0, 0.05) is 25.3 Å². The highest BCUT2D eigenvalue weighted by Crippen LogP contribution is 2.29. The number of ether oxygens (including phenoxy) is 2. The zero-order chi connectivity index (χ0) is 16.5. The van der Waals surface area contributed by atoms with Gasteiger partial charge < -0.3 is 19.7 Å². The summed E-state index contributed by atoms with van der Waals surface area (Å²) in [6.45, 7) is 2.72. The Labute approximate surface area is 131 Å². The molecular formula is C16H24N2O4. The molecule has 0 fully saturated rings. The Morgan fingerprint density at radius 1 is 1.18 bits per heavy atom. The minimum atomic E-state index is -0.347. The van der Waals surface area contributed by atoms with Gasteiger partial charge in [-0.05, 0) is 18.6 Å². The minimum absolute atomic E-state index is 0.172. The lowest BCUT2D eigenvalue weighted by Crippen LogP contribution is -2.31. The predicted molar refractivity (Wildman–Crippen MR) is 85.3 cm³/mol. The average molecular weight is 308 g/mol. The highest BCUT2D eigenvalue weighted by molar-refractivity contribution is 6.03. The van der Waals surface area contributed by atoms with Crippen molar-refractivity contribution in [2.75, 3.05) is 33.1 Å². The lowest BCUT2D eigenvalue weighted by atomic mass is 10.2. The van der Waals surface area contributed by atoms with E-state index in [4.69, 9.17) is 9.47 Å². The first-order valence-electron chi connectivity index (χ1n) is 7.27. The Bertz CT molecular complexity index is 517. The smallest absolute Gasteiger partial charge is 0.233 e. The van der Waals surface area contributed by atoms with Crippen molar-refractivity contribution < 1.29 is 19.1 Å². The van der Waals surface area contributed by atoms with Crippen molar-refractivity contribution in [2.45, 2.75) is 26.2 Å². The van der Waals surface area contributed by atoms with E-state index in [1.165, 1.54) is 7.11 Å². The molecule has 0 bridgehead atoms. The minimum Gasteiger partial charge on any atom is -0.493 e. The van der Waals surface area contributed by atoms with Gasteiger partial charge in [0.1, 0.15) is 6.42 Å². The summed E-state index contributed by atoms with van der Waals surface area (Å²) in [5, 5.41) is 2.69. The second-order valence-electron chi connectivity index (χ2n) is 4.96. The number of rotatable bonds is 8. The third-order valence-corrected chi connectivity index (χ3v) is 3.25. The van der Waals surface area contributed by atoms with E-state index in [9.17, 15) is 9.59 Å². The summed E-state index contributed by atoms with van der Waals surface area (Å²) >= 11 is 0. The van der Waals surface area contributed by atoms with E-state index < -0.39 is 0 Å². The fourth-order valence-electron chi connectivity index (χ4n) is 1.91. The molecule has 0 aliphatic carbocycles. The quantitative estimate of drug-likeness (QED) is 0.748. The predicted octanol–water partition coefficient (Wildman–Crippen LogP) is 2.29. The molecule has 1 rings (SSSR count). The maximum absolute atomic E-state index is 11.9. The molecule has 0 heterocycles. The third kappa shape index (κ3) is 5.27. The van der Waals surface area contributed by atoms with Gasteiger partial charge >= 0.3 is 0 Å². The van der Waals surface area contributed by atoms with Crippen LogP contribution < -0.4 is 14.8 Å². The summed E-state index contributed by atoms with van der Waals surface area (Å²) in [6, 6.07) is 5.05. The Morgan fingerprint density at radius 3 is 2.45 bits per heavy atom. The maximum atomic E-state index is 11.9. The average Bonchev–Trinajstić information content (AvgIpc) is 2.52. The van der Waals surface area contributed by atoms with Crippen molar-refractivity contribution in [3.8, 4) is 11.5 Å². The molecule has 1 N–H and O–H groups in total. The number of nitrogens with one attached hydrogen (secondary N) is 1. The van der Waals surface area contributed by atoms with E-state index in [-0.39, 0.29) is 18.2 Å². The topological polar surface area (TPSA) is 67.9 Å². The van der Waals surface area contributed by atoms with E-state index in [0.29, 0.717) is 23.7 Å². The molecule has 6 heteroatoms. The van der Waals surface area contributed by atoms with E-state index in [1.807, 2.05) is 0 Å². The fraction of sp³-hybridized carbons (Fsp3) is 0.500. The first-order valence-corrected chi connectivity index (χ1v) is 7.27. The van der Waals surface area contributed by atoms with Gasteiger partial charge in [0.2, 0.25) is 11.8 Å². The fourth-order valence-corrected chi connectivity index (χ4v) is 1.91. The van der Waals surface area contributed by atoms with Crippen molar-refractivity contribution in [1.29, 1.82) is 0 Å². The van der Waals surface area contributed by atoms with Crippen molar-refractivity contribution in [3.63, 3.8) is 0 Å². The molecule has 6 nitrogen and oxygen atoms in total. The van der Waals surface area contributed by atoms with Gasteiger partial charge in [0.15, 0.2) is 11.5 Å². The molecule has 0 unspecified atom stereocenters. The van der Waals surface area contributed by atoms with Crippen LogP contribution in [0.25, 0.3) is 0 Å². The van der Waals surface area contributed by atoms with Crippen LogP contribution in [0.1, 0.15) is 26.2 Å². The molecule has 22 heavy (non-hydrogen) atoms. The van der Waals surface area contributed by atoms with Gasteiger partial charge in [-0.1, -0.05) is 13.3 Å². The molecule has 0 atom stereocenters. The van der Waals surface area contributed by atoms with Crippen molar-refractivity contribution in [3.05, 3.63) is 18.2 Å². The molecule has 1 aromatic carbocycles. The number of methoxy groups -OCH3 is 2. The molecule has 0 spiro atoms. The molecule has 1 aromatic rings. The number of unbranched alkanes of at least 4 members (excludes halogenated alkanes) is 1. The number of anilines is 1. The van der Waals surface area contributed by atoms with Gasteiger partial charge in [-0.15, -0.1) is 0 Å². The molecular weight excluding hydrogens is 284 g/mol. The summed E-state index contributed by atoms with van der Waals surface area (Å²) in [5.41, 5.74) is 0.562. The lowest BCUT2D eigenvalue weighted by molar-refractivity contribution is -0.133.